The minimum Gasteiger partial charge on any atom is -0.489 e. The summed E-state index contributed by atoms with van der Waals surface area (Å²) in [4.78, 5) is 17.5. The molecule has 0 saturated carbocycles. The van der Waals surface area contributed by atoms with E-state index in [1.54, 1.807) is 6.21 Å². The molecule has 1 aliphatic heterocycles. The highest BCUT2D eigenvalue weighted by atomic mass is 16.5. The highest BCUT2D eigenvalue weighted by molar-refractivity contribution is 5.94. The number of carbonyl (C=O) groups excluding carboxylic acids is 1. The van der Waals surface area contributed by atoms with E-state index in [4.69, 9.17) is 4.74 Å². The maximum absolute atomic E-state index is 12.5. The summed E-state index contributed by atoms with van der Waals surface area (Å²) in [5.74, 6) is 0.560. The van der Waals surface area contributed by atoms with Crippen LogP contribution in [0.25, 0.3) is 0 Å². The van der Waals surface area contributed by atoms with Gasteiger partial charge in [-0.15, -0.1) is 0 Å². The van der Waals surface area contributed by atoms with Crippen LogP contribution in [0.3, 0.4) is 0 Å². The number of piperazine rings is 1. The highest BCUT2D eigenvalue weighted by Gasteiger charge is 2.17. The van der Waals surface area contributed by atoms with Crippen LogP contribution in [0.5, 0.6) is 5.75 Å². The second-order valence-electron chi connectivity index (χ2n) is 9.78. The molecule has 198 valence electrons. The predicted octanol–water partition coefficient (Wildman–Crippen LogP) is 5.35. The quantitative estimate of drug-likeness (QED) is 0.227. The van der Waals surface area contributed by atoms with E-state index in [9.17, 15) is 4.79 Å². The molecule has 6 heteroatoms. The Balaban J connectivity index is 1.03. The van der Waals surface area contributed by atoms with Crippen LogP contribution in [0.2, 0.25) is 0 Å². The van der Waals surface area contributed by atoms with Crippen LogP contribution < -0.4 is 10.2 Å². The van der Waals surface area contributed by atoms with E-state index in [-0.39, 0.29) is 5.91 Å². The number of nitrogens with zero attached hydrogens (tertiary/aromatic N) is 3. The Labute approximate surface area is 230 Å². The van der Waals surface area contributed by atoms with Gasteiger partial charge >= 0.3 is 0 Å². The van der Waals surface area contributed by atoms with E-state index in [0.717, 1.165) is 56.1 Å². The second-order valence-corrected chi connectivity index (χ2v) is 9.78. The molecule has 0 unspecified atom stereocenters. The Hall–Kier alpha value is -4.26. The van der Waals surface area contributed by atoms with E-state index >= 15 is 0 Å². The summed E-state index contributed by atoms with van der Waals surface area (Å²) < 4.78 is 5.81. The van der Waals surface area contributed by atoms with Crippen LogP contribution >= 0.6 is 0 Å². The largest absolute Gasteiger partial charge is 0.489 e. The molecule has 1 fully saturated rings. The lowest BCUT2D eigenvalue weighted by Gasteiger charge is -2.34. The molecule has 39 heavy (non-hydrogen) atoms. The Morgan fingerprint density at radius 2 is 1.23 bits per heavy atom. The van der Waals surface area contributed by atoms with Crippen LogP contribution in [0, 0.1) is 0 Å². The first-order valence-corrected chi connectivity index (χ1v) is 13.4. The smallest absolute Gasteiger partial charge is 0.271 e. The van der Waals surface area contributed by atoms with E-state index < -0.39 is 0 Å². The Kier molecular flexibility index (Phi) is 9.13. The first-order chi connectivity index (χ1) is 19.2. The number of hydrazone groups is 1. The zero-order chi connectivity index (χ0) is 26.7. The van der Waals surface area contributed by atoms with Gasteiger partial charge in [-0.2, -0.15) is 5.10 Å². The lowest BCUT2D eigenvalue weighted by molar-refractivity contribution is 0.0955. The molecule has 0 atom stereocenters. The van der Waals surface area contributed by atoms with Crippen molar-refractivity contribution in [2.75, 3.05) is 26.2 Å². The molecule has 4 aromatic carbocycles. The molecule has 1 heterocycles. The van der Waals surface area contributed by atoms with Crippen molar-refractivity contribution < 1.29 is 9.53 Å². The van der Waals surface area contributed by atoms with Gasteiger partial charge in [0.05, 0.1) is 6.21 Å². The first kappa shape index (κ1) is 26.4. The number of carbonyl (C=O) groups is 1. The van der Waals surface area contributed by atoms with Crippen molar-refractivity contribution in [2.45, 2.75) is 19.7 Å². The molecule has 0 aliphatic carbocycles. The minimum absolute atomic E-state index is 0.227. The zero-order valence-electron chi connectivity index (χ0n) is 22.1. The zero-order valence-corrected chi connectivity index (χ0v) is 22.1. The third-order valence-corrected chi connectivity index (χ3v) is 6.84. The summed E-state index contributed by atoms with van der Waals surface area (Å²) >= 11 is 0. The molecule has 1 saturated heterocycles. The van der Waals surface area contributed by atoms with Crippen LogP contribution in [0.1, 0.15) is 32.6 Å². The van der Waals surface area contributed by atoms with Crippen molar-refractivity contribution in [1.82, 2.24) is 15.2 Å². The van der Waals surface area contributed by atoms with Crippen molar-refractivity contribution in [3.8, 4) is 5.75 Å². The van der Waals surface area contributed by atoms with Gasteiger partial charge in [-0.25, -0.2) is 5.43 Å². The Bertz CT molecular complexity index is 1330. The number of ether oxygens (including phenoxy) is 1. The Morgan fingerprint density at radius 1 is 0.692 bits per heavy atom. The number of amides is 1. The van der Waals surface area contributed by atoms with Gasteiger partial charge in [0.25, 0.3) is 5.91 Å². The number of nitrogens with one attached hydrogen (secondary N) is 1. The fourth-order valence-electron chi connectivity index (χ4n) is 4.59. The molecule has 6 nitrogen and oxygen atoms in total. The molecule has 1 aliphatic rings. The van der Waals surface area contributed by atoms with Crippen molar-refractivity contribution in [3.63, 3.8) is 0 Å². The fourth-order valence-corrected chi connectivity index (χ4v) is 4.59. The van der Waals surface area contributed by atoms with E-state index in [1.165, 1.54) is 11.1 Å². The van der Waals surface area contributed by atoms with E-state index in [2.05, 4.69) is 50.7 Å². The number of hydrogen-bond acceptors (Lipinski definition) is 5. The third-order valence-electron chi connectivity index (χ3n) is 6.84. The van der Waals surface area contributed by atoms with Crippen molar-refractivity contribution in [1.29, 1.82) is 0 Å². The van der Waals surface area contributed by atoms with Crippen LogP contribution in [-0.2, 0) is 19.7 Å². The van der Waals surface area contributed by atoms with Crippen molar-refractivity contribution >= 4 is 12.1 Å². The topological polar surface area (TPSA) is 57.2 Å². The van der Waals surface area contributed by atoms with Crippen LogP contribution in [0.4, 0.5) is 0 Å². The van der Waals surface area contributed by atoms with Gasteiger partial charge in [0.2, 0.25) is 0 Å². The van der Waals surface area contributed by atoms with Gasteiger partial charge in [-0.1, -0.05) is 72.8 Å². The SMILES string of the molecule is O=C(N/N=C\c1ccc(OCc2ccccc2)cc1)c1ccc(CN2CCN(Cc3ccccc3)CC2)cc1. The average molecular weight is 519 g/mol. The molecule has 0 bridgehead atoms. The van der Waals surface area contributed by atoms with Gasteiger partial charge in [0.1, 0.15) is 12.4 Å². The molecule has 0 aromatic heterocycles. The van der Waals surface area contributed by atoms with Crippen LogP contribution in [-0.4, -0.2) is 48.1 Å². The lowest BCUT2D eigenvalue weighted by Crippen LogP contribution is -2.45. The molecule has 1 N–H and O–H groups in total. The predicted molar refractivity (Wildman–Crippen MR) is 156 cm³/mol. The van der Waals surface area contributed by atoms with Crippen molar-refractivity contribution in [2.24, 2.45) is 5.10 Å². The average Bonchev–Trinajstić information content (AvgIpc) is 2.99. The fraction of sp³-hybridized carbons (Fsp3) is 0.212. The summed E-state index contributed by atoms with van der Waals surface area (Å²) in [6, 6.07) is 36.1. The summed E-state index contributed by atoms with van der Waals surface area (Å²) in [7, 11) is 0. The standard InChI is InChI=1S/C33H34N4O2/c38-33(35-34-23-27-13-17-32(18-14-27)39-26-30-9-5-2-6-10-30)31-15-11-29(12-16-31)25-37-21-19-36(20-22-37)24-28-7-3-1-4-8-28/h1-18,23H,19-22,24-26H2,(H,35,38)/b34-23-. The number of hydrogen-bond donors (Lipinski definition) is 1. The molecule has 1 amide bonds. The van der Waals surface area contributed by atoms with E-state index in [1.807, 2.05) is 78.9 Å². The summed E-state index contributed by atoms with van der Waals surface area (Å²) in [6.45, 7) is 6.65. The number of benzene rings is 4. The normalized spacial score (nSPS) is 14.4. The maximum atomic E-state index is 12.5. The van der Waals surface area contributed by atoms with Crippen LogP contribution in [0.15, 0.2) is 114 Å². The maximum Gasteiger partial charge on any atom is 0.271 e. The molecule has 0 radical (unpaired) electrons. The monoisotopic (exact) mass is 518 g/mol. The summed E-state index contributed by atoms with van der Waals surface area (Å²) in [5, 5.41) is 4.12. The van der Waals surface area contributed by atoms with Gasteiger partial charge in [0.15, 0.2) is 0 Å². The Morgan fingerprint density at radius 3 is 1.82 bits per heavy atom. The minimum atomic E-state index is -0.227. The summed E-state index contributed by atoms with van der Waals surface area (Å²) in [6.07, 6.45) is 1.63. The first-order valence-electron chi connectivity index (χ1n) is 13.4. The third kappa shape index (κ3) is 8.11. The van der Waals surface area contributed by atoms with Gasteiger partial charge in [-0.3, -0.25) is 14.6 Å². The van der Waals surface area contributed by atoms with Gasteiger partial charge in [0, 0.05) is 44.8 Å². The second kappa shape index (κ2) is 13.5. The lowest BCUT2D eigenvalue weighted by atomic mass is 10.1. The number of rotatable bonds is 10. The molecule has 0 spiro atoms. The highest BCUT2D eigenvalue weighted by Crippen LogP contribution is 2.14. The molecular weight excluding hydrogens is 484 g/mol. The van der Waals surface area contributed by atoms with Gasteiger partial charge in [-0.05, 0) is 58.7 Å². The molecule has 4 aromatic rings. The van der Waals surface area contributed by atoms with E-state index in [0.29, 0.717) is 12.2 Å². The van der Waals surface area contributed by atoms with Gasteiger partial charge < -0.3 is 4.74 Å². The molecular formula is C33H34N4O2. The molecule has 5 rings (SSSR count). The van der Waals surface area contributed by atoms with Crippen molar-refractivity contribution in [3.05, 3.63) is 137 Å². The summed E-state index contributed by atoms with van der Waals surface area (Å²) in [5.41, 5.74) is 7.78.